The quantitative estimate of drug-likeness (QED) is 0.593. The number of fused-ring (bicyclic) bond motifs is 2. The molecule has 9 heteroatoms. The first-order valence-corrected chi connectivity index (χ1v) is 12.0. The van der Waals surface area contributed by atoms with Gasteiger partial charge >= 0.3 is 5.69 Å². The number of nitrogens with zero attached hydrogens (tertiary/aromatic N) is 1. The van der Waals surface area contributed by atoms with E-state index in [1.54, 1.807) is 15.9 Å². The zero-order valence-electron chi connectivity index (χ0n) is 18.2. The first kappa shape index (κ1) is 21.6. The van der Waals surface area contributed by atoms with Crippen LogP contribution in [-0.4, -0.2) is 28.0 Å². The summed E-state index contributed by atoms with van der Waals surface area (Å²) in [6, 6.07) is 2.09. The maximum atomic E-state index is 15.8. The van der Waals surface area contributed by atoms with Crippen LogP contribution < -0.4 is 17.0 Å². The summed E-state index contributed by atoms with van der Waals surface area (Å²) < 4.78 is 22.9. The smallest absolute Gasteiger partial charge is 0.328 e. The number of nitrogens with two attached hydrogens (primary N) is 1. The molecule has 7 nitrogen and oxygen atoms in total. The molecule has 0 saturated heterocycles. The Bertz CT molecular complexity index is 1210. The van der Waals surface area contributed by atoms with E-state index >= 15 is 4.39 Å². The van der Waals surface area contributed by atoms with Gasteiger partial charge in [-0.15, -0.1) is 11.3 Å². The summed E-state index contributed by atoms with van der Waals surface area (Å²) in [4.78, 5) is 29.8. The van der Waals surface area contributed by atoms with Crippen LogP contribution in [0.15, 0.2) is 21.5 Å². The van der Waals surface area contributed by atoms with Crippen molar-refractivity contribution >= 4 is 17.1 Å². The Labute approximate surface area is 188 Å². The number of thiophene rings is 1. The minimum Gasteiger partial charge on any atom is -0.493 e. The minimum absolute atomic E-state index is 0.0375. The van der Waals surface area contributed by atoms with Crippen molar-refractivity contribution in [3.63, 3.8) is 0 Å². The van der Waals surface area contributed by atoms with Crippen molar-refractivity contribution in [3.05, 3.63) is 59.3 Å². The Hall–Kier alpha value is -2.23. The number of nitrogens with one attached hydrogen (secondary N) is 1. The van der Waals surface area contributed by atoms with Crippen molar-refractivity contribution in [2.45, 2.75) is 69.6 Å². The van der Waals surface area contributed by atoms with Crippen molar-refractivity contribution in [3.8, 4) is 0 Å². The van der Waals surface area contributed by atoms with Crippen molar-refractivity contribution in [2.75, 3.05) is 7.11 Å². The molecule has 0 bridgehead atoms. The fourth-order valence-electron chi connectivity index (χ4n) is 5.45. The van der Waals surface area contributed by atoms with Crippen LogP contribution in [0.2, 0.25) is 0 Å². The molecule has 2 aromatic heterocycles. The van der Waals surface area contributed by atoms with Gasteiger partial charge in [0.05, 0.1) is 13.0 Å². The summed E-state index contributed by atoms with van der Waals surface area (Å²) in [6.07, 6.45) is 4.10. The summed E-state index contributed by atoms with van der Waals surface area (Å²) in [7, 11) is 1.36. The lowest BCUT2D eigenvalue weighted by molar-refractivity contribution is 0.144. The van der Waals surface area contributed by atoms with E-state index < -0.39 is 29.2 Å². The van der Waals surface area contributed by atoms with E-state index in [0.717, 1.165) is 37.0 Å². The van der Waals surface area contributed by atoms with Crippen LogP contribution in [-0.2, 0) is 17.6 Å². The third-order valence-electron chi connectivity index (χ3n) is 7.03. The SMILES string of the molecule is COC1=C(F)C(c2cc3c(s2)CCC(CC(N)O)C3)C(C)c2c1c(=O)[nH]c(=O)n2C1CC1. The summed E-state index contributed by atoms with van der Waals surface area (Å²) >= 11 is 1.60. The molecule has 1 saturated carbocycles. The Balaban J connectivity index is 1.61. The van der Waals surface area contributed by atoms with Crippen molar-refractivity contribution in [1.82, 2.24) is 9.55 Å². The standard InChI is InChI=1S/C23H28FN3O4S/c1-10-17(15-9-12-7-11(8-16(25)28)3-6-14(12)32-15)19(24)21(31-2)18-20(10)27(13-4-5-13)23(30)26-22(18)29/h9-11,13,16-17,28H,3-8,25H2,1-2H3,(H,26,29,30). The second kappa shape index (κ2) is 7.97. The van der Waals surface area contributed by atoms with Crippen LogP contribution in [0.5, 0.6) is 0 Å². The Kier molecular flexibility index (Phi) is 5.38. The fraction of sp³-hybridized carbons (Fsp3) is 0.565. The van der Waals surface area contributed by atoms with E-state index in [9.17, 15) is 14.7 Å². The number of aryl methyl sites for hydroxylation is 1. The van der Waals surface area contributed by atoms with Gasteiger partial charge in [0.15, 0.2) is 11.6 Å². The average Bonchev–Trinajstić information content (AvgIpc) is 3.47. The largest absolute Gasteiger partial charge is 0.493 e. The number of H-pyrrole nitrogens is 1. The lowest BCUT2D eigenvalue weighted by atomic mass is 9.80. The summed E-state index contributed by atoms with van der Waals surface area (Å²) in [6.45, 7) is 1.89. The molecule has 3 aliphatic carbocycles. The van der Waals surface area contributed by atoms with E-state index in [-0.39, 0.29) is 23.3 Å². The number of aliphatic hydroxyl groups is 1. The molecule has 4 N–H and O–H groups in total. The molecule has 32 heavy (non-hydrogen) atoms. The van der Waals surface area contributed by atoms with Crippen molar-refractivity contribution in [2.24, 2.45) is 11.7 Å². The zero-order chi connectivity index (χ0) is 22.7. The van der Waals surface area contributed by atoms with Crippen LogP contribution >= 0.6 is 11.3 Å². The number of hydrogen-bond donors (Lipinski definition) is 3. The van der Waals surface area contributed by atoms with E-state index in [1.807, 2.05) is 6.92 Å². The molecule has 5 rings (SSSR count). The number of aromatic nitrogens is 2. The maximum absolute atomic E-state index is 15.8. The topological polar surface area (TPSA) is 110 Å². The molecular formula is C23H28FN3O4S. The van der Waals surface area contributed by atoms with Crippen LogP contribution in [0.4, 0.5) is 4.39 Å². The lowest BCUT2D eigenvalue weighted by Gasteiger charge is -2.32. The van der Waals surface area contributed by atoms with Gasteiger partial charge in [0, 0.05) is 27.4 Å². The third kappa shape index (κ3) is 3.47. The molecule has 1 fully saturated rings. The maximum Gasteiger partial charge on any atom is 0.328 e. The second-order valence-corrected chi connectivity index (χ2v) is 10.4. The zero-order valence-corrected chi connectivity index (χ0v) is 19.0. The van der Waals surface area contributed by atoms with Gasteiger partial charge in [0.1, 0.15) is 11.8 Å². The highest BCUT2D eigenvalue weighted by atomic mass is 32.1. The predicted octanol–water partition coefficient (Wildman–Crippen LogP) is 2.89. The summed E-state index contributed by atoms with van der Waals surface area (Å²) in [5.74, 6) is -1.23. The number of aromatic amines is 1. The molecule has 4 atom stereocenters. The van der Waals surface area contributed by atoms with Gasteiger partial charge in [0.25, 0.3) is 5.56 Å². The molecule has 2 heterocycles. The molecule has 0 radical (unpaired) electrons. The number of aliphatic hydroxyl groups excluding tert-OH is 1. The average molecular weight is 462 g/mol. The monoisotopic (exact) mass is 461 g/mol. The molecule has 0 amide bonds. The number of ether oxygens (including phenoxy) is 1. The third-order valence-corrected chi connectivity index (χ3v) is 8.35. The Morgan fingerprint density at radius 3 is 2.78 bits per heavy atom. The van der Waals surface area contributed by atoms with Gasteiger partial charge in [-0.25, -0.2) is 9.18 Å². The highest BCUT2D eigenvalue weighted by molar-refractivity contribution is 7.12. The van der Waals surface area contributed by atoms with Gasteiger partial charge in [-0.1, -0.05) is 6.92 Å². The Morgan fingerprint density at radius 1 is 1.38 bits per heavy atom. The van der Waals surface area contributed by atoms with E-state index in [2.05, 4.69) is 11.1 Å². The molecule has 0 aromatic carbocycles. The molecule has 0 spiro atoms. The van der Waals surface area contributed by atoms with Crippen LogP contribution in [0.3, 0.4) is 0 Å². The summed E-state index contributed by atoms with van der Waals surface area (Å²) in [5.41, 5.74) is 6.42. The molecule has 172 valence electrons. The van der Waals surface area contributed by atoms with Crippen molar-refractivity contribution in [1.29, 1.82) is 0 Å². The lowest BCUT2D eigenvalue weighted by Crippen LogP contribution is -2.38. The number of methoxy groups -OCH3 is 1. The van der Waals surface area contributed by atoms with Gasteiger partial charge in [-0.05, 0) is 56.1 Å². The van der Waals surface area contributed by atoms with Crippen LogP contribution in [0.1, 0.15) is 77.1 Å². The Morgan fingerprint density at radius 2 is 2.12 bits per heavy atom. The molecular weight excluding hydrogens is 433 g/mol. The first-order valence-electron chi connectivity index (χ1n) is 11.2. The van der Waals surface area contributed by atoms with Gasteiger partial charge in [-0.3, -0.25) is 14.3 Å². The summed E-state index contributed by atoms with van der Waals surface area (Å²) in [5, 5.41) is 9.56. The molecule has 4 unspecified atom stereocenters. The molecule has 0 aliphatic heterocycles. The van der Waals surface area contributed by atoms with Gasteiger partial charge in [-0.2, -0.15) is 0 Å². The van der Waals surface area contributed by atoms with E-state index in [0.29, 0.717) is 18.0 Å². The normalized spacial score (nSPS) is 26.0. The van der Waals surface area contributed by atoms with E-state index in [4.69, 9.17) is 10.5 Å². The van der Waals surface area contributed by atoms with Gasteiger partial charge < -0.3 is 15.6 Å². The van der Waals surface area contributed by atoms with Crippen molar-refractivity contribution < 1.29 is 14.2 Å². The van der Waals surface area contributed by atoms with Crippen LogP contribution in [0, 0.1) is 5.92 Å². The highest BCUT2D eigenvalue weighted by Crippen LogP contribution is 2.51. The minimum atomic E-state index is -0.823. The number of hydrogen-bond acceptors (Lipinski definition) is 6. The van der Waals surface area contributed by atoms with Gasteiger partial charge in [0.2, 0.25) is 0 Å². The van der Waals surface area contributed by atoms with Crippen LogP contribution in [0.25, 0.3) is 5.76 Å². The molecule has 3 aliphatic rings. The molecule has 2 aromatic rings. The van der Waals surface area contributed by atoms with E-state index in [1.165, 1.54) is 17.6 Å². The first-order chi connectivity index (χ1) is 15.3. The fourth-order valence-corrected chi connectivity index (χ4v) is 6.87. The predicted molar refractivity (Wildman–Crippen MR) is 120 cm³/mol. The number of rotatable bonds is 5. The number of halogens is 1. The second-order valence-electron chi connectivity index (χ2n) is 9.28. The number of allylic oxidation sites excluding steroid dienone is 1. The highest BCUT2D eigenvalue weighted by Gasteiger charge is 2.43.